The molecular weight excluding hydrogens is 300 g/mol. The Hall–Kier alpha value is -1.43. The van der Waals surface area contributed by atoms with E-state index in [1.807, 2.05) is 24.3 Å². The van der Waals surface area contributed by atoms with Crippen molar-refractivity contribution in [1.82, 2.24) is 4.90 Å². The molecule has 112 valence electrons. The van der Waals surface area contributed by atoms with Crippen LogP contribution in [0.2, 0.25) is 0 Å². The summed E-state index contributed by atoms with van der Waals surface area (Å²) in [4.78, 5) is 4.10. The molecule has 0 saturated carbocycles. The first-order chi connectivity index (χ1) is 10.2. The zero-order valence-corrected chi connectivity index (χ0v) is 13.8. The number of nitrogens with zero attached hydrogens (tertiary/aromatic N) is 1. The van der Waals surface area contributed by atoms with Crippen molar-refractivity contribution in [3.05, 3.63) is 52.2 Å². The molecule has 0 aliphatic heterocycles. The van der Waals surface area contributed by atoms with Crippen LogP contribution in [-0.4, -0.2) is 29.6 Å². The van der Waals surface area contributed by atoms with E-state index in [0.29, 0.717) is 11.6 Å². The SMILES string of the molecule is CCN(CCOc1ccccc1C(N)=S)Cc1cccs1. The van der Waals surface area contributed by atoms with Gasteiger partial charge in [-0.15, -0.1) is 11.3 Å². The predicted octanol–water partition coefficient (Wildman–Crippen LogP) is 3.28. The van der Waals surface area contributed by atoms with Crippen LogP contribution in [0.5, 0.6) is 5.75 Å². The van der Waals surface area contributed by atoms with Crippen LogP contribution >= 0.6 is 23.6 Å². The molecule has 0 unspecified atom stereocenters. The highest BCUT2D eigenvalue weighted by atomic mass is 32.1. The molecule has 1 aromatic heterocycles. The maximum absolute atomic E-state index is 5.84. The van der Waals surface area contributed by atoms with Gasteiger partial charge in [-0.3, -0.25) is 4.90 Å². The number of para-hydroxylation sites is 1. The lowest BCUT2D eigenvalue weighted by Crippen LogP contribution is -2.27. The standard InChI is InChI=1S/C16H20N2OS2/c1-2-18(12-13-6-5-11-21-13)9-10-19-15-8-4-3-7-14(15)16(17)20/h3-8,11H,2,9-10,12H2,1H3,(H2,17,20). The quantitative estimate of drug-likeness (QED) is 0.758. The highest BCUT2D eigenvalue weighted by Crippen LogP contribution is 2.18. The van der Waals surface area contributed by atoms with Crippen molar-refractivity contribution >= 4 is 28.5 Å². The second-order valence-electron chi connectivity index (χ2n) is 4.66. The molecule has 5 heteroatoms. The first kappa shape index (κ1) is 15.9. The van der Waals surface area contributed by atoms with Crippen molar-refractivity contribution in [2.75, 3.05) is 19.7 Å². The topological polar surface area (TPSA) is 38.5 Å². The highest BCUT2D eigenvalue weighted by molar-refractivity contribution is 7.80. The van der Waals surface area contributed by atoms with Crippen LogP contribution in [0.15, 0.2) is 41.8 Å². The lowest BCUT2D eigenvalue weighted by atomic mass is 10.2. The summed E-state index contributed by atoms with van der Waals surface area (Å²) in [5, 5.41) is 2.11. The van der Waals surface area contributed by atoms with E-state index < -0.39 is 0 Å². The number of thiocarbonyl (C=S) groups is 1. The molecule has 3 nitrogen and oxygen atoms in total. The summed E-state index contributed by atoms with van der Waals surface area (Å²) < 4.78 is 5.84. The first-order valence-corrected chi connectivity index (χ1v) is 8.26. The number of hydrogen-bond acceptors (Lipinski definition) is 4. The molecule has 2 N–H and O–H groups in total. The van der Waals surface area contributed by atoms with Crippen LogP contribution < -0.4 is 10.5 Å². The van der Waals surface area contributed by atoms with Crippen LogP contribution in [0.4, 0.5) is 0 Å². The molecule has 0 bridgehead atoms. The number of ether oxygens (including phenoxy) is 1. The van der Waals surface area contributed by atoms with Crippen LogP contribution in [-0.2, 0) is 6.54 Å². The third kappa shape index (κ3) is 4.81. The van der Waals surface area contributed by atoms with Gasteiger partial charge in [-0.1, -0.05) is 37.3 Å². The molecule has 2 rings (SSSR count). The number of benzene rings is 1. The summed E-state index contributed by atoms with van der Waals surface area (Å²) >= 11 is 6.83. The normalized spacial score (nSPS) is 10.8. The van der Waals surface area contributed by atoms with E-state index in [0.717, 1.165) is 30.9 Å². The molecule has 2 aromatic rings. The third-order valence-electron chi connectivity index (χ3n) is 3.22. The van der Waals surface area contributed by atoms with Gasteiger partial charge in [0.25, 0.3) is 0 Å². The Morgan fingerprint density at radius 1 is 1.29 bits per heavy atom. The first-order valence-electron chi connectivity index (χ1n) is 6.97. The van der Waals surface area contributed by atoms with Gasteiger partial charge in [0.2, 0.25) is 0 Å². The van der Waals surface area contributed by atoms with E-state index in [9.17, 15) is 0 Å². The van der Waals surface area contributed by atoms with Gasteiger partial charge in [0.05, 0.1) is 5.56 Å². The minimum absolute atomic E-state index is 0.372. The molecule has 0 spiro atoms. The molecular formula is C16H20N2OS2. The fourth-order valence-electron chi connectivity index (χ4n) is 2.05. The molecule has 0 aliphatic carbocycles. The molecule has 0 amide bonds. The lowest BCUT2D eigenvalue weighted by molar-refractivity contribution is 0.211. The molecule has 21 heavy (non-hydrogen) atoms. The van der Waals surface area contributed by atoms with Gasteiger partial charge >= 0.3 is 0 Å². The van der Waals surface area contributed by atoms with Crippen molar-refractivity contribution in [3.8, 4) is 5.75 Å². The van der Waals surface area contributed by atoms with E-state index in [-0.39, 0.29) is 0 Å². The molecule has 0 saturated heterocycles. The summed E-state index contributed by atoms with van der Waals surface area (Å²) in [5.74, 6) is 0.761. The van der Waals surface area contributed by atoms with Gasteiger partial charge < -0.3 is 10.5 Å². The average molecular weight is 320 g/mol. The molecule has 1 aromatic carbocycles. The van der Waals surface area contributed by atoms with Crippen molar-refractivity contribution in [2.45, 2.75) is 13.5 Å². The second kappa shape index (κ2) is 8.12. The Labute approximate surface area is 135 Å². The van der Waals surface area contributed by atoms with Crippen molar-refractivity contribution in [3.63, 3.8) is 0 Å². The minimum Gasteiger partial charge on any atom is -0.492 e. The second-order valence-corrected chi connectivity index (χ2v) is 6.13. The number of rotatable bonds is 8. The van der Waals surface area contributed by atoms with Crippen molar-refractivity contribution in [2.24, 2.45) is 5.73 Å². The Morgan fingerprint density at radius 2 is 2.10 bits per heavy atom. The zero-order valence-electron chi connectivity index (χ0n) is 12.1. The minimum atomic E-state index is 0.372. The van der Waals surface area contributed by atoms with Gasteiger partial charge in [-0.25, -0.2) is 0 Å². The van der Waals surface area contributed by atoms with Gasteiger partial charge in [0.15, 0.2) is 0 Å². The monoisotopic (exact) mass is 320 g/mol. The molecule has 0 aliphatic rings. The summed E-state index contributed by atoms with van der Waals surface area (Å²) in [7, 11) is 0. The predicted molar refractivity (Wildman–Crippen MR) is 93.1 cm³/mol. The van der Waals surface area contributed by atoms with E-state index in [1.54, 1.807) is 11.3 Å². The summed E-state index contributed by atoms with van der Waals surface area (Å²) in [5.41, 5.74) is 6.50. The van der Waals surface area contributed by atoms with Crippen LogP contribution in [0.1, 0.15) is 17.4 Å². The Balaban J connectivity index is 1.87. The van der Waals surface area contributed by atoms with Crippen LogP contribution in [0.3, 0.4) is 0 Å². The summed E-state index contributed by atoms with van der Waals surface area (Å²) in [6, 6.07) is 11.9. The number of hydrogen-bond donors (Lipinski definition) is 1. The zero-order chi connectivity index (χ0) is 15.1. The number of likely N-dealkylation sites (N-methyl/N-ethyl adjacent to an activating group) is 1. The fourth-order valence-corrected chi connectivity index (χ4v) is 2.97. The van der Waals surface area contributed by atoms with Crippen LogP contribution in [0.25, 0.3) is 0 Å². The van der Waals surface area contributed by atoms with Crippen molar-refractivity contribution < 1.29 is 4.74 Å². The Bertz CT molecular complexity index is 569. The van der Waals surface area contributed by atoms with E-state index >= 15 is 0 Å². The fraction of sp³-hybridized carbons (Fsp3) is 0.312. The number of nitrogens with two attached hydrogens (primary N) is 1. The molecule has 0 fully saturated rings. The van der Waals surface area contributed by atoms with E-state index in [4.69, 9.17) is 22.7 Å². The smallest absolute Gasteiger partial charge is 0.129 e. The van der Waals surface area contributed by atoms with Crippen molar-refractivity contribution in [1.29, 1.82) is 0 Å². The Morgan fingerprint density at radius 3 is 2.76 bits per heavy atom. The molecule has 0 atom stereocenters. The summed E-state index contributed by atoms with van der Waals surface area (Å²) in [6.45, 7) is 5.63. The van der Waals surface area contributed by atoms with Gasteiger partial charge in [0.1, 0.15) is 17.3 Å². The number of thiophene rings is 1. The van der Waals surface area contributed by atoms with E-state index in [1.165, 1.54) is 4.88 Å². The van der Waals surface area contributed by atoms with Gasteiger partial charge in [-0.2, -0.15) is 0 Å². The summed E-state index contributed by atoms with van der Waals surface area (Å²) in [6.07, 6.45) is 0. The lowest BCUT2D eigenvalue weighted by Gasteiger charge is -2.20. The maximum atomic E-state index is 5.84. The average Bonchev–Trinajstić information content (AvgIpc) is 2.99. The Kier molecular flexibility index (Phi) is 6.17. The van der Waals surface area contributed by atoms with Gasteiger partial charge in [-0.05, 0) is 30.1 Å². The van der Waals surface area contributed by atoms with Crippen LogP contribution in [0, 0.1) is 0 Å². The third-order valence-corrected chi connectivity index (χ3v) is 4.31. The highest BCUT2D eigenvalue weighted by Gasteiger charge is 2.08. The molecule has 0 radical (unpaired) electrons. The van der Waals surface area contributed by atoms with Gasteiger partial charge in [0, 0.05) is 18.0 Å². The molecule has 1 heterocycles. The van der Waals surface area contributed by atoms with E-state index in [2.05, 4.69) is 29.3 Å². The largest absolute Gasteiger partial charge is 0.492 e. The maximum Gasteiger partial charge on any atom is 0.129 e.